The number of nitrogens with zero attached hydrogens (tertiary/aromatic N) is 1. The van der Waals surface area contributed by atoms with E-state index >= 15 is 0 Å². The van der Waals surface area contributed by atoms with Crippen LogP contribution in [0.5, 0.6) is 5.75 Å². The van der Waals surface area contributed by atoms with E-state index in [2.05, 4.69) is 15.6 Å². The predicted octanol–water partition coefficient (Wildman–Crippen LogP) is 2.67. The van der Waals surface area contributed by atoms with Crippen molar-refractivity contribution in [1.29, 1.82) is 0 Å². The lowest BCUT2D eigenvalue weighted by atomic mass is 10.0. The summed E-state index contributed by atoms with van der Waals surface area (Å²) in [6.07, 6.45) is 1.78. The molecule has 3 rings (SSSR count). The number of amides is 2. The van der Waals surface area contributed by atoms with E-state index in [4.69, 9.17) is 4.74 Å². The number of hydrogen-bond donors (Lipinski definition) is 2. The van der Waals surface area contributed by atoms with Crippen molar-refractivity contribution in [2.45, 2.75) is 12.8 Å². The molecular weight excluding hydrogens is 389 g/mol. The van der Waals surface area contributed by atoms with Gasteiger partial charge in [0.15, 0.2) is 17.3 Å². The Morgan fingerprint density at radius 2 is 1.83 bits per heavy atom. The van der Waals surface area contributed by atoms with Gasteiger partial charge in [0.25, 0.3) is 11.8 Å². The van der Waals surface area contributed by atoms with E-state index < -0.39 is 17.6 Å². The van der Waals surface area contributed by atoms with E-state index in [-0.39, 0.29) is 41.2 Å². The molecule has 0 fully saturated rings. The maximum Gasteiger partial charge on any atom is 0.270 e. The summed E-state index contributed by atoms with van der Waals surface area (Å²) in [4.78, 5) is 40.6. The van der Waals surface area contributed by atoms with Gasteiger partial charge < -0.3 is 15.4 Å². The molecule has 0 aliphatic carbocycles. The van der Waals surface area contributed by atoms with Gasteiger partial charge in [0.2, 0.25) is 0 Å². The molecule has 0 saturated heterocycles. The Balaban J connectivity index is 1.68. The van der Waals surface area contributed by atoms with Crippen LogP contribution in [0.4, 0.5) is 10.1 Å². The summed E-state index contributed by atoms with van der Waals surface area (Å²) in [5.74, 6) is -1.90. The van der Waals surface area contributed by atoms with Crippen molar-refractivity contribution in [3.63, 3.8) is 0 Å². The van der Waals surface area contributed by atoms with Crippen LogP contribution >= 0.6 is 0 Å². The van der Waals surface area contributed by atoms with Crippen molar-refractivity contribution in [3.8, 4) is 5.75 Å². The molecule has 1 aliphatic heterocycles. The third-order valence-electron chi connectivity index (χ3n) is 4.58. The molecule has 0 spiro atoms. The van der Waals surface area contributed by atoms with Crippen LogP contribution in [0.25, 0.3) is 0 Å². The third-order valence-corrected chi connectivity index (χ3v) is 4.58. The number of aliphatic imine (C=N–C) groups is 1. The van der Waals surface area contributed by atoms with Crippen molar-refractivity contribution in [3.05, 3.63) is 70.7 Å². The minimum Gasteiger partial charge on any atom is -0.494 e. The number of ketones is 1. The number of benzene rings is 2. The van der Waals surface area contributed by atoms with Gasteiger partial charge in [-0.3, -0.25) is 19.4 Å². The highest BCUT2D eigenvalue weighted by Gasteiger charge is 2.23. The minimum absolute atomic E-state index is 0.00186. The lowest BCUT2D eigenvalue weighted by Crippen LogP contribution is -2.23. The second-order valence-electron chi connectivity index (χ2n) is 6.49. The van der Waals surface area contributed by atoms with Crippen LogP contribution in [-0.2, 0) is 16.0 Å². The first-order chi connectivity index (χ1) is 14.4. The largest absolute Gasteiger partial charge is 0.494 e. The van der Waals surface area contributed by atoms with Gasteiger partial charge in [-0.25, -0.2) is 4.39 Å². The zero-order valence-corrected chi connectivity index (χ0v) is 16.5. The topological polar surface area (TPSA) is 96.9 Å². The van der Waals surface area contributed by atoms with Gasteiger partial charge in [-0.1, -0.05) is 18.2 Å². The Morgan fingerprint density at radius 3 is 2.50 bits per heavy atom. The van der Waals surface area contributed by atoms with Crippen molar-refractivity contribution in [2.75, 3.05) is 19.5 Å². The number of ether oxygens (including phenoxy) is 1. The van der Waals surface area contributed by atoms with Crippen LogP contribution in [-0.4, -0.2) is 38.0 Å². The highest BCUT2D eigenvalue weighted by Crippen LogP contribution is 2.22. The average molecular weight is 409 g/mol. The normalized spacial score (nSPS) is 12.6. The Labute approximate surface area is 172 Å². The molecule has 0 bridgehead atoms. The van der Waals surface area contributed by atoms with Crippen LogP contribution in [0.3, 0.4) is 0 Å². The maximum atomic E-state index is 14.3. The quantitative estimate of drug-likeness (QED) is 0.687. The van der Waals surface area contributed by atoms with E-state index in [0.717, 1.165) is 0 Å². The molecule has 1 heterocycles. The molecular formula is C22H20FN3O4. The average Bonchev–Trinajstić information content (AvgIpc) is 3.25. The van der Waals surface area contributed by atoms with Gasteiger partial charge in [0.05, 0.1) is 18.2 Å². The molecule has 7 nitrogen and oxygen atoms in total. The molecule has 2 amide bonds. The summed E-state index contributed by atoms with van der Waals surface area (Å²) in [6, 6.07) is 11.0. The van der Waals surface area contributed by atoms with Gasteiger partial charge >= 0.3 is 0 Å². The first-order valence-corrected chi connectivity index (χ1v) is 9.18. The molecule has 0 radical (unpaired) electrons. The Hall–Kier alpha value is -3.81. The lowest BCUT2D eigenvalue weighted by Gasteiger charge is -2.09. The summed E-state index contributed by atoms with van der Waals surface area (Å²) < 4.78 is 19.2. The van der Waals surface area contributed by atoms with Crippen LogP contribution in [0.2, 0.25) is 0 Å². The van der Waals surface area contributed by atoms with Crippen LogP contribution in [0.1, 0.15) is 22.3 Å². The van der Waals surface area contributed by atoms with E-state index in [0.29, 0.717) is 11.3 Å². The summed E-state index contributed by atoms with van der Waals surface area (Å²) in [6.45, 7) is 0. The zero-order chi connectivity index (χ0) is 21.7. The first-order valence-electron chi connectivity index (χ1n) is 9.18. The van der Waals surface area contributed by atoms with Gasteiger partial charge in [0, 0.05) is 31.8 Å². The fourth-order valence-corrected chi connectivity index (χ4v) is 2.99. The minimum atomic E-state index is -0.687. The van der Waals surface area contributed by atoms with Crippen molar-refractivity contribution < 1.29 is 23.5 Å². The molecule has 0 atom stereocenters. The highest BCUT2D eigenvalue weighted by atomic mass is 19.1. The summed E-state index contributed by atoms with van der Waals surface area (Å²) in [7, 11) is 2.81. The smallest absolute Gasteiger partial charge is 0.270 e. The predicted molar refractivity (Wildman–Crippen MR) is 110 cm³/mol. The Morgan fingerprint density at radius 1 is 1.10 bits per heavy atom. The standard InChI is InChI=1S/C22H20FN3O4/c1-24-22(29)20-16(10-11-25-20)21(28)26-14-8-6-13(7-9-14)12-17(27)15-4-3-5-18(30-2)19(15)23/h3-9,11H,10,12H2,1-2H3,(H,24,29)(H,26,28). The molecule has 2 aromatic carbocycles. The monoisotopic (exact) mass is 409 g/mol. The van der Waals surface area contributed by atoms with Gasteiger partial charge in [0.1, 0.15) is 5.70 Å². The SMILES string of the molecule is CNC(=O)C1=C(C(=O)Nc2ccc(CC(=O)c3cccc(OC)c3F)cc2)CC=N1. The molecule has 154 valence electrons. The lowest BCUT2D eigenvalue weighted by molar-refractivity contribution is -0.118. The van der Waals surface area contributed by atoms with Gasteiger partial charge in [-0.15, -0.1) is 0 Å². The number of likely N-dealkylation sites (N-methyl/N-ethyl adjacent to an activating group) is 1. The second kappa shape index (κ2) is 9.13. The summed E-state index contributed by atoms with van der Waals surface area (Å²) in [5.41, 5.74) is 1.50. The van der Waals surface area contributed by atoms with Crippen LogP contribution < -0.4 is 15.4 Å². The van der Waals surface area contributed by atoms with Crippen molar-refractivity contribution in [1.82, 2.24) is 5.32 Å². The number of halogens is 1. The number of carbonyl (C=O) groups is 3. The van der Waals surface area contributed by atoms with E-state index in [1.54, 1.807) is 30.3 Å². The highest BCUT2D eigenvalue weighted by molar-refractivity contribution is 6.13. The molecule has 0 unspecified atom stereocenters. The fourth-order valence-electron chi connectivity index (χ4n) is 2.99. The molecule has 2 N–H and O–H groups in total. The molecule has 1 aliphatic rings. The summed E-state index contributed by atoms with van der Waals surface area (Å²) >= 11 is 0. The third kappa shape index (κ3) is 4.43. The molecule has 2 aromatic rings. The van der Waals surface area contributed by atoms with E-state index in [9.17, 15) is 18.8 Å². The number of rotatable bonds is 7. The number of Topliss-reactive ketones (excluding diaryl/α,β-unsaturated/α-hetero) is 1. The Bertz CT molecular complexity index is 1060. The van der Waals surface area contributed by atoms with E-state index in [1.807, 2.05) is 0 Å². The van der Waals surface area contributed by atoms with Gasteiger partial charge in [-0.2, -0.15) is 0 Å². The number of nitrogens with one attached hydrogen (secondary N) is 2. The second-order valence-corrected chi connectivity index (χ2v) is 6.49. The van der Waals surface area contributed by atoms with Crippen molar-refractivity contribution >= 4 is 29.5 Å². The summed E-state index contributed by atoms with van der Waals surface area (Å²) in [5, 5.41) is 5.16. The van der Waals surface area contributed by atoms with Gasteiger partial charge in [-0.05, 0) is 29.8 Å². The first kappa shape index (κ1) is 20.9. The number of anilines is 1. The fraction of sp³-hybridized carbons (Fsp3) is 0.182. The van der Waals surface area contributed by atoms with Crippen molar-refractivity contribution in [2.24, 2.45) is 4.99 Å². The van der Waals surface area contributed by atoms with E-state index in [1.165, 1.54) is 32.5 Å². The number of carbonyl (C=O) groups excluding carboxylic acids is 3. The van der Waals surface area contributed by atoms with Crippen LogP contribution in [0, 0.1) is 5.82 Å². The molecule has 0 aromatic heterocycles. The zero-order valence-electron chi connectivity index (χ0n) is 16.5. The maximum absolute atomic E-state index is 14.3. The number of methoxy groups -OCH3 is 1. The number of hydrogen-bond acceptors (Lipinski definition) is 5. The Kier molecular flexibility index (Phi) is 6.36. The van der Waals surface area contributed by atoms with Crippen LogP contribution in [0.15, 0.2) is 58.7 Å². The molecule has 0 saturated carbocycles. The molecule has 30 heavy (non-hydrogen) atoms. The molecule has 8 heteroatoms.